The van der Waals surface area contributed by atoms with E-state index in [0.29, 0.717) is 31.1 Å². The van der Waals surface area contributed by atoms with Gasteiger partial charge in [0.15, 0.2) is 0 Å². The Bertz CT molecular complexity index is 782. The predicted octanol–water partition coefficient (Wildman–Crippen LogP) is 2.56. The summed E-state index contributed by atoms with van der Waals surface area (Å²) in [4.78, 5) is 26.6. The Morgan fingerprint density at radius 2 is 1.96 bits per heavy atom. The number of nitrogens with one attached hydrogen (secondary N) is 2. The van der Waals surface area contributed by atoms with Crippen molar-refractivity contribution in [2.24, 2.45) is 0 Å². The summed E-state index contributed by atoms with van der Waals surface area (Å²) in [5.74, 6) is -0.0258. The second-order valence-electron chi connectivity index (χ2n) is 6.62. The van der Waals surface area contributed by atoms with E-state index in [1.54, 1.807) is 0 Å². The molecular formula is C21H24ClN3O2. The van der Waals surface area contributed by atoms with Crippen LogP contribution in [-0.4, -0.2) is 42.9 Å². The summed E-state index contributed by atoms with van der Waals surface area (Å²) in [6, 6.07) is 17.2. The Labute approximate surface area is 164 Å². The minimum absolute atomic E-state index is 0.0371. The molecule has 1 aliphatic rings. The first-order chi connectivity index (χ1) is 13.1. The molecule has 27 heavy (non-hydrogen) atoms. The molecule has 1 unspecified atom stereocenters. The molecule has 1 aliphatic heterocycles. The number of amides is 2. The van der Waals surface area contributed by atoms with Crippen LogP contribution in [0, 0.1) is 0 Å². The first-order valence-corrected chi connectivity index (χ1v) is 9.57. The van der Waals surface area contributed by atoms with Crippen LogP contribution >= 0.6 is 11.6 Å². The third kappa shape index (κ3) is 5.55. The van der Waals surface area contributed by atoms with Crippen molar-refractivity contribution in [3.05, 3.63) is 70.7 Å². The highest BCUT2D eigenvalue weighted by atomic mass is 35.5. The maximum absolute atomic E-state index is 12.7. The summed E-state index contributed by atoms with van der Waals surface area (Å²) in [5.41, 5.74) is 1.99. The zero-order chi connectivity index (χ0) is 19.1. The van der Waals surface area contributed by atoms with Crippen LogP contribution in [0.4, 0.5) is 0 Å². The van der Waals surface area contributed by atoms with Gasteiger partial charge in [0, 0.05) is 37.6 Å². The fourth-order valence-electron chi connectivity index (χ4n) is 3.31. The Kier molecular flexibility index (Phi) is 6.85. The lowest BCUT2D eigenvalue weighted by Crippen LogP contribution is -2.49. The number of halogens is 1. The number of hydrogen-bond donors (Lipinski definition) is 2. The molecule has 3 rings (SSSR count). The molecule has 6 heteroatoms. The lowest BCUT2D eigenvalue weighted by atomic mass is 10.0. The highest BCUT2D eigenvalue weighted by Crippen LogP contribution is 2.25. The van der Waals surface area contributed by atoms with Gasteiger partial charge in [0.05, 0.1) is 12.5 Å². The fraction of sp³-hybridized carbons (Fsp3) is 0.333. The maximum atomic E-state index is 12.7. The first-order valence-electron chi connectivity index (χ1n) is 9.20. The molecule has 142 valence electrons. The van der Waals surface area contributed by atoms with Crippen molar-refractivity contribution in [1.82, 2.24) is 15.5 Å². The van der Waals surface area contributed by atoms with E-state index >= 15 is 0 Å². The van der Waals surface area contributed by atoms with Crippen LogP contribution in [0.5, 0.6) is 0 Å². The number of carbonyl (C=O) groups excluding carboxylic acids is 2. The molecule has 2 amide bonds. The number of rotatable bonds is 6. The van der Waals surface area contributed by atoms with Crippen molar-refractivity contribution in [1.29, 1.82) is 0 Å². The second-order valence-corrected chi connectivity index (χ2v) is 7.06. The van der Waals surface area contributed by atoms with Crippen LogP contribution in [0.25, 0.3) is 0 Å². The molecule has 0 aliphatic carbocycles. The summed E-state index contributed by atoms with van der Waals surface area (Å²) in [5, 5.41) is 6.84. The van der Waals surface area contributed by atoms with Crippen molar-refractivity contribution in [3.63, 3.8) is 0 Å². The van der Waals surface area contributed by atoms with Crippen LogP contribution in [0.2, 0.25) is 5.02 Å². The number of carbonyl (C=O) groups is 2. The molecule has 2 N–H and O–H groups in total. The van der Waals surface area contributed by atoms with E-state index in [2.05, 4.69) is 10.6 Å². The average molecular weight is 386 g/mol. The van der Waals surface area contributed by atoms with Crippen LogP contribution in [0.3, 0.4) is 0 Å². The quantitative estimate of drug-likeness (QED) is 0.803. The molecule has 1 atom stereocenters. The van der Waals surface area contributed by atoms with Crippen LogP contribution < -0.4 is 10.6 Å². The van der Waals surface area contributed by atoms with E-state index in [4.69, 9.17) is 11.6 Å². The predicted molar refractivity (Wildman–Crippen MR) is 107 cm³/mol. The van der Waals surface area contributed by atoms with Gasteiger partial charge in [-0.3, -0.25) is 9.59 Å². The molecule has 0 bridgehead atoms. The van der Waals surface area contributed by atoms with Crippen molar-refractivity contribution in [2.75, 3.05) is 26.2 Å². The number of benzene rings is 2. The van der Waals surface area contributed by atoms with E-state index in [-0.39, 0.29) is 24.3 Å². The highest BCUT2D eigenvalue weighted by molar-refractivity contribution is 6.30. The Morgan fingerprint density at radius 1 is 1.15 bits per heavy atom. The average Bonchev–Trinajstić information content (AvgIpc) is 2.68. The van der Waals surface area contributed by atoms with Crippen molar-refractivity contribution in [2.45, 2.75) is 18.9 Å². The van der Waals surface area contributed by atoms with Gasteiger partial charge in [-0.05, 0) is 23.3 Å². The van der Waals surface area contributed by atoms with Crippen LogP contribution in [0.1, 0.15) is 23.6 Å². The minimum atomic E-state index is -0.0688. The van der Waals surface area contributed by atoms with E-state index in [1.807, 2.05) is 59.5 Å². The Hall–Kier alpha value is -2.37. The number of hydrogen-bond acceptors (Lipinski definition) is 3. The summed E-state index contributed by atoms with van der Waals surface area (Å²) < 4.78 is 0. The molecule has 0 saturated carbocycles. The summed E-state index contributed by atoms with van der Waals surface area (Å²) in [6.07, 6.45) is 0.616. The van der Waals surface area contributed by atoms with Crippen molar-refractivity contribution in [3.8, 4) is 0 Å². The highest BCUT2D eigenvalue weighted by Gasteiger charge is 2.27. The molecule has 0 radical (unpaired) electrons. The molecule has 5 nitrogen and oxygen atoms in total. The summed E-state index contributed by atoms with van der Waals surface area (Å²) >= 11 is 6.10. The van der Waals surface area contributed by atoms with Gasteiger partial charge >= 0.3 is 0 Å². The fourth-order valence-corrected chi connectivity index (χ4v) is 3.51. The van der Waals surface area contributed by atoms with Gasteiger partial charge in [-0.1, -0.05) is 54.1 Å². The molecular weight excluding hydrogens is 362 g/mol. The number of nitrogens with zero attached hydrogens (tertiary/aromatic N) is 1. The summed E-state index contributed by atoms with van der Waals surface area (Å²) in [6.45, 7) is 2.46. The van der Waals surface area contributed by atoms with E-state index in [0.717, 1.165) is 17.7 Å². The molecule has 1 heterocycles. The molecule has 2 aromatic carbocycles. The lowest BCUT2D eigenvalue weighted by molar-refractivity contribution is -0.134. The lowest BCUT2D eigenvalue weighted by Gasteiger charge is -2.36. The van der Waals surface area contributed by atoms with E-state index in [1.165, 1.54) is 0 Å². The molecule has 0 spiro atoms. The zero-order valence-corrected chi connectivity index (χ0v) is 15.9. The van der Waals surface area contributed by atoms with Gasteiger partial charge in [-0.2, -0.15) is 0 Å². The first kappa shape index (κ1) is 19.4. The van der Waals surface area contributed by atoms with Gasteiger partial charge in [0.2, 0.25) is 11.8 Å². The maximum Gasteiger partial charge on any atom is 0.224 e. The van der Waals surface area contributed by atoms with Gasteiger partial charge < -0.3 is 15.5 Å². The molecule has 2 aromatic rings. The Morgan fingerprint density at radius 3 is 2.74 bits per heavy atom. The largest absolute Gasteiger partial charge is 0.355 e. The molecule has 1 fully saturated rings. The summed E-state index contributed by atoms with van der Waals surface area (Å²) in [7, 11) is 0. The van der Waals surface area contributed by atoms with Gasteiger partial charge in [0.1, 0.15) is 0 Å². The van der Waals surface area contributed by atoms with Crippen molar-refractivity contribution >= 4 is 23.4 Å². The zero-order valence-electron chi connectivity index (χ0n) is 15.2. The SMILES string of the molecule is O=C(Cc1ccccc1)NCCC(=O)N1CCNCC1c1cccc(Cl)c1. The normalized spacial score (nSPS) is 16.8. The Balaban J connectivity index is 1.52. The standard InChI is InChI=1S/C21H24ClN3O2/c22-18-8-4-7-17(14-18)19-15-23-11-12-25(19)21(27)9-10-24-20(26)13-16-5-2-1-3-6-16/h1-8,14,19,23H,9-13,15H2,(H,24,26). The molecule has 0 aromatic heterocycles. The van der Waals surface area contributed by atoms with Crippen molar-refractivity contribution < 1.29 is 9.59 Å². The van der Waals surface area contributed by atoms with E-state index < -0.39 is 0 Å². The topological polar surface area (TPSA) is 61.4 Å². The second kappa shape index (κ2) is 9.53. The smallest absolute Gasteiger partial charge is 0.224 e. The number of piperazine rings is 1. The van der Waals surface area contributed by atoms with Gasteiger partial charge in [-0.15, -0.1) is 0 Å². The third-order valence-electron chi connectivity index (χ3n) is 4.67. The van der Waals surface area contributed by atoms with Gasteiger partial charge in [0.25, 0.3) is 0 Å². The van der Waals surface area contributed by atoms with Gasteiger partial charge in [-0.25, -0.2) is 0 Å². The van der Waals surface area contributed by atoms with Crippen LogP contribution in [0.15, 0.2) is 54.6 Å². The third-order valence-corrected chi connectivity index (χ3v) is 4.90. The van der Waals surface area contributed by atoms with E-state index in [9.17, 15) is 9.59 Å². The minimum Gasteiger partial charge on any atom is -0.355 e. The van der Waals surface area contributed by atoms with Crippen LogP contribution in [-0.2, 0) is 16.0 Å². The molecule has 1 saturated heterocycles. The monoisotopic (exact) mass is 385 g/mol.